The number of rotatable bonds is 13. The average molecular weight is 635 g/mol. The molecule has 0 aliphatic heterocycles. The molecule has 11 heteroatoms. The fourth-order valence-electron chi connectivity index (χ4n) is 4.42. The van der Waals surface area contributed by atoms with Gasteiger partial charge in [0.25, 0.3) is 0 Å². The van der Waals surface area contributed by atoms with Crippen molar-refractivity contribution in [3.63, 3.8) is 0 Å². The number of amides is 2. The number of ether oxygens (including phenoxy) is 1. The zero-order chi connectivity index (χ0) is 31.0. The number of anilines is 1. The number of nitrogens with zero attached hydrogens (tertiary/aromatic N) is 2. The van der Waals surface area contributed by atoms with Crippen molar-refractivity contribution in [2.24, 2.45) is 0 Å². The number of halogens is 2. The van der Waals surface area contributed by atoms with E-state index in [1.54, 1.807) is 36.4 Å². The van der Waals surface area contributed by atoms with Crippen molar-refractivity contribution < 1.29 is 22.7 Å². The zero-order valence-corrected chi connectivity index (χ0v) is 26.8. The third kappa shape index (κ3) is 8.86. The van der Waals surface area contributed by atoms with Crippen molar-refractivity contribution in [1.29, 1.82) is 0 Å². The second-order valence-corrected chi connectivity index (χ2v) is 13.0. The maximum atomic E-state index is 14.3. The van der Waals surface area contributed by atoms with E-state index >= 15 is 0 Å². The quantitative estimate of drug-likeness (QED) is 0.263. The summed E-state index contributed by atoms with van der Waals surface area (Å²) in [5.74, 6) is -0.651. The lowest BCUT2D eigenvalue weighted by Crippen LogP contribution is -2.54. The molecule has 2 unspecified atom stereocenters. The van der Waals surface area contributed by atoms with Gasteiger partial charge >= 0.3 is 0 Å². The molecule has 3 rings (SSSR count). The van der Waals surface area contributed by atoms with Crippen molar-refractivity contribution >= 4 is 50.7 Å². The molecule has 2 atom stereocenters. The first-order valence-corrected chi connectivity index (χ1v) is 16.1. The number of hydrogen-bond donors (Lipinski definition) is 1. The van der Waals surface area contributed by atoms with Gasteiger partial charge in [0.05, 0.1) is 19.1 Å². The Morgan fingerprint density at radius 1 is 1.02 bits per heavy atom. The maximum Gasteiger partial charge on any atom is 0.244 e. The third-order valence-corrected chi connectivity index (χ3v) is 8.62. The molecule has 0 bridgehead atoms. The first-order valence-electron chi connectivity index (χ1n) is 13.5. The average Bonchev–Trinajstić information content (AvgIpc) is 2.94. The highest BCUT2D eigenvalue weighted by atomic mass is 35.5. The van der Waals surface area contributed by atoms with Gasteiger partial charge in [-0.1, -0.05) is 72.6 Å². The summed E-state index contributed by atoms with van der Waals surface area (Å²) in [4.78, 5) is 29.4. The lowest BCUT2D eigenvalue weighted by molar-refractivity contribution is -0.140. The standard InChI is InChI=1S/C31H37Cl2N3O5S/c1-6-22(3)34-31(38)28(17-23-10-8-7-9-11-23)35(19-24-13-14-25(32)18-26(24)33)30(37)20-36(42(5,39)40)27-16-21(2)12-15-29(27)41-4/h7-16,18,22,28H,6,17,19-20H2,1-5H3,(H,34,38). The molecule has 226 valence electrons. The topological polar surface area (TPSA) is 96.0 Å². The Morgan fingerprint density at radius 2 is 1.71 bits per heavy atom. The maximum absolute atomic E-state index is 14.3. The summed E-state index contributed by atoms with van der Waals surface area (Å²) in [5, 5.41) is 3.74. The molecule has 0 fully saturated rings. The second-order valence-electron chi connectivity index (χ2n) is 10.2. The lowest BCUT2D eigenvalue weighted by Gasteiger charge is -2.34. The van der Waals surface area contributed by atoms with E-state index in [-0.39, 0.29) is 30.6 Å². The van der Waals surface area contributed by atoms with E-state index < -0.39 is 28.5 Å². The molecule has 0 saturated heterocycles. The minimum atomic E-state index is -3.95. The summed E-state index contributed by atoms with van der Waals surface area (Å²) in [6, 6.07) is 18.2. The Kier molecular flexibility index (Phi) is 11.7. The number of hydrogen-bond acceptors (Lipinski definition) is 5. The molecule has 0 aliphatic carbocycles. The number of methoxy groups -OCH3 is 1. The molecular weight excluding hydrogens is 597 g/mol. The Bertz CT molecular complexity index is 1500. The van der Waals surface area contributed by atoms with Crippen molar-refractivity contribution in [2.75, 3.05) is 24.2 Å². The van der Waals surface area contributed by atoms with Crippen molar-refractivity contribution in [2.45, 2.75) is 52.2 Å². The van der Waals surface area contributed by atoms with Crippen molar-refractivity contribution in [3.8, 4) is 5.75 Å². The summed E-state index contributed by atoms with van der Waals surface area (Å²) in [5.41, 5.74) is 2.40. The van der Waals surface area contributed by atoms with Crippen LogP contribution in [0, 0.1) is 6.92 Å². The van der Waals surface area contributed by atoms with Crippen LogP contribution in [-0.2, 0) is 32.6 Å². The largest absolute Gasteiger partial charge is 0.495 e. The summed E-state index contributed by atoms with van der Waals surface area (Å²) < 4.78 is 32.6. The number of aryl methyl sites for hydroxylation is 1. The molecule has 0 aliphatic rings. The molecule has 0 heterocycles. The first kappa shape index (κ1) is 33.2. The Labute approximate surface area is 258 Å². The predicted octanol–water partition coefficient (Wildman–Crippen LogP) is 5.63. The predicted molar refractivity (Wildman–Crippen MR) is 169 cm³/mol. The van der Waals surface area contributed by atoms with Crippen LogP contribution in [0.15, 0.2) is 66.7 Å². The lowest BCUT2D eigenvalue weighted by atomic mass is 10.0. The molecule has 0 saturated carbocycles. The van der Waals surface area contributed by atoms with Gasteiger partial charge in [0.15, 0.2) is 0 Å². The molecule has 3 aromatic rings. The first-order chi connectivity index (χ1) is 19.8. The Balaban J connectivity index is 2.13. The molecular formula is C31H37Cl2N3O5S. The van der Waals surface area contributed by atoms with E-state index in [1.165, 1.54) is 12.0 Å². The normalized spacial score (nSPS) is 12.7. The van der Waals surface area contributed by atoms with Gasteiger partial charge in [-0.15, -0.1) is 0 Å². The van der Waals surface area contributed by atoms with Crippen LogP contribution < -0.4 is 14.4 Å². The SMILES string of the molecule is CCC(C)NC(=O)C(Cc1ccccc1)N(Cc1ccc(Cl)cc1Cl)C(=O)CN(c1cc(C)ccc1OC)S(C)(=O)=O. The van der Waals surface area contributed by atoms with Gasteiger partial charge in [-0.05, 0) is 61.2 Å². The van der Waals surface area contributed by atoms with Gasteiger partial charge in [0.2, 0.25) is 21.8 Å². The van der Waals surface area contributed by atoms with Crippen LogP contribution in [0.1, 0.15) is 37.0 Å². The summed E-state index contributed by atoms with van der Waals surface area (Å²) >= 11 is 12.6. The molecule has 8 nitrogen and oxygen atoms in total. The van der Waals surface area contributed by atoms with E-state index in [4.69, 9.17) is 27.9 Å². The third-order valence-electron chi connectivity index (χ3n) is 6.91. The molecule has 0 aromatic heterocycles. The number of benzene rings is 3. The highest BCUT2D eigenvalue weighted by molar-refractivity contribution is 7.92. The molecule has 3 aromatic carbocycles. The molecule has 0 radical (unpaired) electrons. The minimum absolute atomic E-state index is 0.0528. The summed E-state index contributed by atoms with van der Waals surface area (Å²) in [6.45, 7) is 5.03. The van der Waals surface area contributed by atoms with Gasteiger partial charge in [0, 0.05) is 29.1 Å². The number of nitrogens with one attached hydrogen (secondary N) is 1. The van der Waals surface area contributed by atoms with Gasteiger partial charge in [0.1, 0.15) is 18.3 Å². The molecule has 1 N–H and O–H groups in total. The highest BCUT2D eigenvalue weighted by Crippen LogP contribution is 2.32. The molecule has 0 spiro atoms. The number of carbonyl (C=O) groups is 2. The fraction of sp³-hybridized carbons (Fsp3) is 0.355. The van der Waals surface area contributed by atoms with Gasteiger partial charge in [-0.3, -0.25) is 13.9 Å². The minimum Gasteiger partial charge on any atom is -0.495 e. The molecule has 42 heavy (non-hydrogen) atoms. The van der Waals surface area contributed by atoms with Gasteiger partial charge < -0.3 is 15.0 Å². The monoisotopic (exact) mass is 633 g/mol. The van der Waals surface area contributed by atoms with E-state index in [0.29, 0.717) is 27.8 Å². The van der Waals surface area contributed by atoms with Crippen LogP contribution in [0.4, 0.5) is 5.69 Å². The van der Waals surface area contributed by atoms with Crippen LogP contribution in [0.5, 0.6) is 5.75 Å². The van der Waals surface area contributed by atoms with Crippen molar-refractivity contribution in [1.82, 2.24) is 10.2 Å². The number of carbonyl (C=O) groups excluding carboxylic acids is 2. The van der Waals surface area contributed by atoms with Crippen LogP contribution >= 0.6 is 23.2 Å². The van der Waals surface area contributed by atoms with E-state index in [0.717, 1.165) is 21.7 Å². The van der Waals surface area contributed by atoms with E-state index in [9.17, 15) is 18.0 Å². The second kappa shape index (κ2) is 14.8. The van der Waals surface area contributed by atoms with Crippen molar-refractivity contribution in [3.05, 3.63) is 93.5 Å². The highest BCUT2D eigenvalue weighted by Gasteiger charge is 2.34. The van der Waals surface area contributed by atoms with Crippen LogP contribution in [-0.4, -0.2) is 57.1 Å². The molecule has 2 amide bonds. The van der Waals surface area contributed by atoms with Gasteiger partial charge in [-0.25, -0.2) is 8.42 Å². The van der Waals surface area contributed by atoms with Crippen LogP contribution in [0.3, 0.4) is 0 Å². The summed E-state index contributed by atoms with van der Waals surface area (Å²) in [7, 11) is -2.52. The zero-order valence-electron chi connectivity index (χ0n) is 24.4. The van der Waals surface area contributed by atoms with Gasteiger partial charge in [-0.2, -0.15) is 0 Å². The fourth-order valence-corrected chi connectivity index (χ4v) is 5.73. The van der Waals surface area contributed by atoms with E-state index in [2.05, 4.69) is 5.32 Å². The van der Waals surface area contributed by atoms with Crippen LogP contribution in [0.2, 0.25) is 10.0 Å². The van der Waals surface area contributed by atoms with Crippen LogP contribution in [0.25, 0.3) is 0 Å². The van der Waals surface area contributed by atoms with E-state index in [1.807, 2.05) is 51.1 Å². The summed E-state index contributed by atoms with van der Waals surface area (Å²) in [6.07, 6.45) is 1.92. The Morgan fingerprint density at radius 3 is 2.31 bits per heavy atom. The number of sulfonamides is 1. The smallest absolute Gasteiger partial charge is 0.244 e. The Hall–Kier alpha value is -3.27.